The summed E-state index contributed by atoms with van der Waals surface area (Å²) in [6.07, 6.45) is 0. The van der Waals surface area contributed by atoms with E-state index in [4.69, 9.17) is 9.15 Å². The maximum absolute atomic E-state index is 5.81. The predicted molar refractivity (Wildman–Crippen MR) is 85.7 cm³/mol. The van der Waals surface area contributed by atoms with Crippen LogP contribution in [0.3, 0.4) is 0 Å². The topological polar surface area (TPSA) is 34.4 Å². The van der Waals surface area contributed by atoms with Crippen molar-refractivity contribution in [3.63, 3.8) is 0 Å². The molecule has 3 nitrogen and oxygen atoms in total. The van der Waals surface area contributed by atoms with Gasteiger partial charge >= 0.3 is 0 Å². The first-order valence-electron chi connectivity index (χ1n) is 7.61. The molecule has 0 aliphatic rings. The molecule has 0 amide bonds. The molecule has 114 valence electrons. The minimum Gasteiger partial charge on any atom is -0.486 e. The van der Waals surface area contributed by atoms with Crippen LogP contribution in [0.15, 0.2) is 34.7 Å². The van der Waals surface area contributed by atoms with Crippen molar-refractivity contribution in [2.45, 2.75) is 46.8 Å². The van der Waals surface area contributed by atoms with Gasteiger partial charge in [-0.3, -0.25) is 0 Å². The van der Waals surface area contributed by atoms with E-state index < -0.39 is 0 Å². The molecule has 0 saturated carbocycles. The van der Waals surface area contributed by atoms with Crippen molar-refractivity contribution in [2.75, 3.05) is 6.54 Å². The summed E-state index contributed by atoms with van der Waals surface area (Å²) in [6.45, 7) is 10.8. The molecule has 1 N–H and O–H groups in total. The number of ether oxygens (including phenoxy) is 1. The van der Waals surface area contributed by atoms with Crippen LogP contribution < -0.4 is 10.1 Å². The second kappa shape index (κ2) is 7.32. The van der Waals surface area contributed by atoms with Gasteiger partial charge in [0.1, 0.15) is 23.9 Å². The first-order valence-corrected chi connectivity index (χ1v) is 7.61. The van der Waals surface area contributed by atoms with Gasteiger partial charge in [-0.05, 0) is 54.8 Å². The summed E-state index contributed by atoms with van der Waals surface area (Å²) in [5.74, 6) is 3.23. The minimum absolute atomic E-state index is 0.465. The lowest BCUT2D eigenvalue weighted by molar-refractivity contribution is 0.265. The third kappa shape index (κ3) is 4.36. The summed E-state index contributed by atoms with van der Waals surface area (Å²) < 4.78 is 11.5. The molecule has 0 fully saturated rings. The highest BCUT2D eigenvalue weighted by Gasteiger charge is 2.06. The van der Waals surface area contributed by atoms with Crippen molar-refractivity contribution in [3.8, 4) is 5.75 Å². The van der Waals surface area contributed by atoms with Crippen molar-refractivity contribution in [2.24, 2.45) is 0 Å². The van der Waals surface area contributed by atoms with Crippen molar-refractivity contribution < 1.29 is 9.15 Å². The van der Waals surface area contributed by atoms with Crippen LogP contribution in [0.2, 0.25) is 0 Å². The first-order chi connectivity index (χ1) is 10.1. The van der Waals surface area contributed by atoms with Crippen molar-refractivity contribution in [3.05, 3.63) is 53.0 Å². The Morgan fingerprint density at radius 3 is 2.57 bits per heavy atom. The Hall–Kier alpha value is -1.74. The molecule has 1 aromatic heterocycles. The molecule has 3 heteroatoms. The number of aryl methyl sites for hydroxylation is 1. The number of furan rings is 1. The van der Waals surface area contributed by atoms with Gasteiger partial charge in [0.15, 0.2) is 0 Å². The second-order valence-corrected chi connectivity index (χ2v) is 5.61. The van der Waals surface area contributed by atoms with E-state index in [1.165, 1.54) is 11.1 Å². The highest BCUT2D eigenvalue weighted by atomic mass is 16.5. The molecule has 0 bridgehead atoms. The Morgan fingerprint density at radius 1 is 1.14 bits per heavy atom. The average molecular weight is 287 g/mol. The quantitative estimate of drug-likeness (QED) is 0.819. The largest absolute Gasteiger partial charge is 0.486 e. The monoisotopic (exact) mass is 287 g/mol. The lowest BCUT2D eigenvalue weighted by atomic mass is 9.98. The van der Waals surface area contributed by atoms with E-state index in [0.717, 1.165) is 30.4 Å². The fourth-order valence-electron chi connectivity index (χ4n) is 2.38. The molecule has 0 saturated heterocycles. The SMILES string of the molecule is CCNCc1ccc(COc2ccc(C(C)C)c(C)c2)o1. The zero-order chi connectivity index (χ0) is 15.2. The van der Waals surface area contributed by atoms with Crippen LogP contribution in [-0.2, 0) is 13.2 Å². The molecule has 1 heterocycles. The van der Waals surface area contributed by atoms with Crippen LogP contribution in [0.1, 0.15) is 49.3 Å². The number of rotatable bonds is 7. The van der Waals surface area contributed by atoms with E-state index in [1.54, 1.807) is 0 Å². The molecule has 21 heavy (non-hydrogen) atoms. The summed E-state index contributed by atoms with van der Waals surface area (Å²) in [4.78, 5) is 0. The maximum Gasteiger partial charge on any atom is 0.146 e. The number of hydrogen-bond acceptors (Lipinski definition) is 3. The van der Waals surface area contributed by atoms with Crippen LogP contribution in [-0.4, -0.2) is 6.54 Å². The van der Waals surface area contributed by atoms with E-state index in [9.17, 15) is 0 Å². The lowest BCUT2D eigenvalue weighted by Crippen LogP contribution is -2.10. The summed E-state index contributed by atoms with van der Waals surface area (Å²) in [6, 6.07) is 10.2. The van der Waals surface area contributed by atoms with E-state index in [-0.39, 0.29) is 0 Å². The lowest BCUT2D eigenvalue weighted by Gasteiger charge is -2.12. The van der Waals surface area contributed by atoms with E-state index in [1.807, 2.05) is 18.2 Å². The Labute approximate surface area is 127 Å². The third-order valence-corrected chi connectivity index (χ3v) is 3.51. The molecular weight excluding hydrogens is 262 g/mol. The van der Waals surface area contributed by atoms with Crippen molar-refractivity contribution in [1.29, 1.82) is 0 Å². The van der Waals surface area contributed by atoms with E-state index in [2.05, 4.69) is 45.1 Å². The van der Waals surface area contributed by atoms with Gasteiger partial charge < -0.3 is 14.5 Å². The zero-order valence-corrected chi connectivity index (χ0v) is 13.4. The number of nitrogens with one attached hydrogen (secondary N) is 1. The second-order valence-electron chi connectivity index (χ2n) is 5.61. The average Bonchev–Trinajstić information content (AvgIpc) is 2.90. The standard InChI is InChI=1S/C18H25NO2/c1-5-19-11-16-6-7-17(21-16)12-20-15-8-9-18(13(2)3)14(4)10-15/h6-10,13,19H,5,11-12H2,1-4H3. The van der Waals surface area contributed by atoms with Gasteiger partial charge in [-0.25, -0.2) is 0 Å². The molecule has 0 radical (unpaired) electrons. The molecule has 0 aliphatic carbocycles. The van der Waals surface area contributed by atoms with Crippen LogP contribution >= 0.6 is 0 Å². The molecule has 2 aromatic rings. The zero-order valence-electron chi connectivity index (χ0n) is 13.4. The Morgan fingerprint density at radius 2 is 1.90 bits per heavy atom. The summed E-state index contributed by atoms with van der Waals surface area (Å²) in [7, 11) is 0. The van der Waals surface area contributed by atoms with Gasteiger partial charge in [-0.2, -0.15) is 0 Å². The van der Waals surface area contributed by atoms with Crippen LogP contribution in [0.5, 0.6) is 5.75 Å². The Balaban J connectivity index is 1.93. The Bertz CT molecular complexity index is 572. The highest BCUT2D eigenvalue weighted by molar-refractivity contribution is 5.36. The first kappa shape index (κ1) is 15.6. The Kier molecular flexibility index (Phi) is 5.45. The summed E-state index contributed by atoms with van der Waals surface area (Å²) in [5, 5.41) is 3.24. The van der Waals surface area contributed by atoms with Crippen LogP contribution in [0.4, 0.5) is 0 Å². The van der Waals surface area contributed by atoms with Crippen molar-refractivity contribution >= 4 is 0 Å². The highest BCUT2D eigenvalue weighted by Crippen LogP contribution is 2.24. The van der Waals surface area contributed by atoms with Gasteiger partial charge in [0, 0.05) is 0 Å². The fourth-order valence-corrected chi connectivity index (χ4v) is 2.38. The van der Waals surface area contributed by atoms with Gasteiger partial charge in [0.2, 0.25) is 0 Å². The maximum atomic E-state index is 5.81. The number of hydrogen-bond donors (Lipinski definition) is 1. The van der Waals surface area contributed by atoms with Gasteiger partial charge in [-0.1, -0.05) is 26.8 Å². The fraction of sp³-hybridized carbons (Fsp3) is 0.444. The van der Waals surface area contributed by atoms with Gasteiger partial charge in [0.05, 0.1) is 6.54 Å². The molecule has 2 rings (SSSR count). The summed E-state index contributed by atoms with van der Waals surface area (Å²) >= 11 is 0. The minimum atomic E-state index is 0.465. The molecule has 1 aromatic carbocycles. The molecular formula is C18H25NO2. The number of benzene rings is 1. The predicted octanol–water partition coefficient (Wildman–Crippen LogP) is 4.40. The van der Waals surface area contributed by atoms with Crippen LogP contribution in [0.25, 0.3) is 0 Å². The summed E-state index contributed by atoms with van der Waals surface area (Å²) in [5.41, 5.74) is 2.64. The van der Waals surface area contributed by atoms with Gasteiger partial charge in [-0.15, -0.1) is 0 Å². The normalized spacial score (nSPS) is 11.1. The molecule has 0 unspecified atom stereocenters. The van der Waals surface area contributed by atoms with Gasteiger partial charge in [0.25, 0.3) is 0 Å². The van der Waals surface area contributed by atoms with E-state index in [0.29, 0.717) is 12.5 Å². The smallest absolute Gasteiger partial charge is 0.146 e. The third-order valence-electron chi connectivity index (χ3n) is 3.51. The molecule has 0 spiro atoms. The van der Waals surface area contributed by atoms with Crippen LogP contribution in [0, 0.1) is 6.92 Å². The van der Waals surface area contributed by atoms with E-state index >= 15 is 0 Å². The molecule has 0 atom stereocenters. The van der Waals surface area contributed by atoms with Crippen molar-refractivity contribution in [1.82, 2.24) is 5.32 Å². The molecule has 0 aliphatic heterocycles.